The number of nitrogens with zero attached hydrogens (tertiary/aromatic N) is 4. The summed E-state index contributed by atoms with van der Waals surface area (Å²) >= 11 is 0. The fourth-order valence-corrected chi connectivity index (χ4v) is 4.75. The van der Waals surface area contributed by atoms with E-state index in [2.05, 4.69) is 83.7 Å². The number of nitrogen functional groups attached to an aromatic ring is 1. The van der Waals surface area contributed by atoms with Crippen LogP contribution in [0, 0.1) is 0 Å². The lowest BCUT2D eigenvalue weighted by molar-refractivity contribution is 0.460. The SMILES string of the molecule is Nc1cccc2cc(-c3cnn(C(c4ccccc4)(c4ccccc4)c4ccccc4)c3)nn12. The zero-order chi connectivity index (χ0) is 23.0. The first-order chi connectivity index (χ1) is 16.8. The third kappa shape index (κ3) is 3.10. The predicted octanol–water partition coefficient (Wildman–Crippen LogP) is 5.62. The molecule has 0 fully saturated rings. The molecule has 6 rings (SSSR count). The number of hydrogen-bond donors (Lipinski definition) is 1. The molecule has 0 unspecified atom stereocenters. The molecule has 0 spiro atoms. The van der Waals surface area contributed by atoms with Crippen molar-refractivity contribution in [3.63, 3.8) is 0 Å². The van der Waals surface area contributed by atoms with E-state index in [1.54, 1.807) is 4.52 Å². The summed E-state index contributed by atoms with van der Waals surface area (Å²) in [6.07, 6.45) is 3.95. The number of aromatic nitrogens is 4. The number of benzene rings is 3. The van der Waals surface area contributed by atoms with Crippen LogP contribution in [0.15, 0.2) is 128 Å². The molecule has 2 N–H and O–H groups in total. The van der Waals surface area contributed by atoms with Crippen LogP contribution < -0.4 is 5.73 Å². The highest BCUT2D eigenvalue weighted by Crippen LogP contribution is 2.41. The lowest BCUT2D eigenvalue weighted by Gasteiger charge is -2.36. The molecule has 5 nitrogen and oxygen atoms in total. The second kappa shape index (κ2) is 8.05. The van der Waals surface area contributed by atoms with E-state index in [9.17, 15) is 0 Å². The van der Waals surface area contributed by atoms with Crippen LogP contribution in [0.1, 0.15) is 16.7 Å². The lowest BCUT2D eigenvalue weighted by atomic mass is 9.77. The Kier molecular flexibility index (Phi) is 4.73. The van der Waals surface area contributed by atoms with E-state index in [-0.39, 0.29) is 0 Å². The number of anilines is 1. The number of nitrogens with two attached hydrogens (primary N) is 1. The standard InChI is InChI=1S/C29H23N5/c30-28-18-10-17-26-19-27(32-34(26)28)22-20-31-33(21-22)29(23-11-4-1-5-12-23,24-13-6-2-7-14-24)25-15-8-3-9-16-25/h1-21H,30H2. The van der Waals surface area contributed by atoms with Crippen molar-refractivity contribution >= 4 is 11.3 Å². The minimum atomic E-state index is -0.653. The van der Waals surface area contributed by atoms with E-state index in [4.69, 9.17) is 15.9 Å². The van der Waals surface area contributed by atoms with Gasteiger partial charge in [-0.05, 0) is 34.9 Å². The summed E-state index contributed by atoms with van der Waals surface area (Å²) in [7, 11) is 0. The second-order valence-corrected chi connectivity index (χ2v) is 8.30. The van der Waals surface area contributed by atoms with Crippen molar-refractivity contribution < 1.29 is 0 Å². The van der Waals surface area contributed by atoms with Gasteiger partial charge in [0.05, 0.1) is 17.4 Å². The average Bonchev–Trinajstić information content (AvgIpc) is 3.55. The van der Waals surface area contributed by atoms with Crippen LogP contribution in [-0.4, -0.2) is 19.4 Å². The van der Waals surface area contributed by atoms with Crippen molar-refractivity contribution in [3.8, 4) is 11.3 Å². The molecule has 0 saturated heterocycles. The van der Waals surface area contributed by atoms with Crippen LogP contribution >= 0.6 is 0 Å². The molecule has 0 radical (unpaired) electrons. The summed E-state index contributed by atoms with van der Waals surface area (Å²) < 4.78 is 3.81. The maximum atomic E-state index is 6.13. The Morgan fingerprint density at radius 3 is 1.74 bits per heavy atom. The van der Waals surface area contributed by atoms with Gasteiger partial charge in [0, 0.05) is 11.8 Å². The van der Waals surface area contributed by atoms with Crippen molar-refractivity contribution in [2.45, 2.75) is 5.54 Å². The van der Waals surface area contributed by atoms with E-state index < -0.39 is 5.54 Å². The molecule has 0 saturated carbocycles. The van der Waals surface area contributed by atoms with Gasteiger partial charge in [0.25, 0.3) is 0 Å². The fraction of sp³-hybridized carbons (Fsp3) is 0.0345. The van der Waals surface area contributed by atoms with Crippen molar-refractivity contribution in [1.82, 2.24) is 19.4 Å². The van der Waals surface area contributed by atoms with Crippen LogP contribution in [0.4, 0.5) is 5.82 Å². The first-order valence-electron chi connectivity index (χ1n) is 11.2. The zero-order valence-corrected chi connectivity index (χ0v) is 18.5. The minimum Gasteiger partial charge on any atom is -0.384 e. The zero-order valence-electron chi connectivity index (χ0n) is 18.5. The van der Waals surface area contributed by atoms with Crippen molar-refractivity contribution in [2.75, 3.05) is 5.73 Å². The third-order valence-corrected chi connectivity index (χ3v) is 6.31. The molecule has 164 valence electrons. The number of rotatable bonds is 5. The Hall–Kier alpha value is -4.64. The normalized spacial score (nSPS) is 11.6. The molecular formula is C29H23N5. The molecule has 34 heavy (non-hydrogen) atoms. The molecule has 0 aliphatic rings. The van der Waals surface area contributed by atoms with E-state index in [1.165, 1.54) is 0 Å². The largest absolute Gasteiger partial charge is 0.384 e. The molecular weight excluding hydrogens is 418 g/mol. The Labute approximate surface area is 197 Å². The summed E-state index contributed by atoms with van der Waals surface area (Å²) in [5.41, 5.74) is 11.6. The maximum Gasteiger partial charge on any atom is 0.138 e. The van der Waals surface area contributed by atoms with Gasteiger partial charge in [-0.2, -0.15) is 10.2 Å². The van der Waals surface area contributed by atoms with Gasteiger partial charge in [0.2, 0.25) is 0 Å². The summed E-state index contributed by atoms with van der Waals surface area (Å²) in [4.78, 5) is 0. The number of hydrogen-bond acceptors (Lipinski definition) is 3. The van der Waals surface area contributed by atoms with Crippen molar-refractivity contribution in [1.29, 1.82) is 0 Å². The van der Waals surface area contributed by atoms with Gasteiger partial charge in [-0.25, -0.2) is 4.52 Å². The van der Waals surface area contributed by atoms with Gasteiger partial charge in [0.1, 0.15) is 11.4 Å². The topological polar surface area (TPSA) is 61.1 Å². The highest BCUT2D eigenvalue weighted by molar-refractivity contribution is 5.67. The van der Waals surface area contributed by atoms with Crippen molar-refractivity contribution in [3.05, 3.63) is 144 Å². The third-order valence-electron chi connectivity index (χ3n) is 6.31. The minimum absolute atomic E-state index is 0.600. The van der Waals surface area contributed by atoms with Gasteiger partial charge < -0.3 is 5.73 Å². The quantitative estimate of drug-likeness (QED) is 0.353. The van der Waals surface area contributed by atoms with Crippen LogP contribution in [-0.2, 0) is 5.54 Å². The second-order valence-electron chi connectivity index (χ2n) is 8.30. The molecule has 0 aliphatic heterocycles. The summed E-state index contributed by atoms with van der Waals surface area (Å²) in [5, 5.41) is 9.66. The Balaban J connectivity index is 1.61. The van der Waals surface area contributed by atoms with Gasteiger partial charge in [-0.1, -0.05) is 97.1 Å². The molecule has 0 atom stereocenters. The molecule has 5 heteroatoms. The predicted molar refractivity (Wildman–Crippen MR) is 135 cm³/mol. The summed E-state index contributed by atoms with van der Waals surface area (Å²) in [6, 6.07) is 39.3. The van der Waals surface area contributed by atoms with Crippen LogP contribution in [0.25, 0.3) is 16.8 Å². The number of fused-ring (bicyclic) bond motifs is 1. The smallest absolute Gasteiger partial charge is 0.138 e. The van der Waals surface area contributed by atoms with Gasteiger partial charge >= 0.3 is 0 Å². The van der Waals surface area contributed by atoms with Gasteiger partial charge in [0.15, 0.2) is 0 Å². The molecule has 0 bridgehead atoms. The van der Waals surface area contributed by atoms with E-state index in [0.29, 0.717) is 5.82 Å². The molecule has 0 amide bonds. The summed E-state index contributed by atoms with van der Waals surface area (Å²) in [5.74, 6) is 0.600. The average molecular weight is 442 g/mol. The Morgan fingerprint density at radius 1 is 0.647 bits per heavy atom. The summed E-state index contributed by atoms with van der Waals surface area (Å²) in [6.45, 7) is 0. The Bertz CT molecular complexity index is 1450. The first kappa shape index (κ1) is 20.0. The highest BCUT2D eigenvalue weighted by Gasteiger charge is 2.39. The van der Waals surface area contributed by atoms with E-state index >= 15 is 0 Å². The molecule has 3 aromatic heterocycles. The van der Waals surface area contributed by atoms with Crippen LogP contribution in [0.2, 0.25) is 0 Å². The van der Waals surface area contributed by atoms with Gasteiger partial charge in [-0.3, -0.25) is 4.68 Å². The van der Waals surface area contributed by atoms with Crippen LogP contribution in [0.5, 0.6) is 0 Å². The van der Waals surface area contributed by atoms with E-state index in [0.717, 1.165) is 33.5 Å². The van der Waals surface area contributed by atoms with Crippen molar-refractivity contribution in [2.24, 2.45) is 0 Å². The molecule has 6 aromatic rings. The maximum absolute atomic E-state index is 6.13. The first-order valence-corrected chi connectivity index (χ1v) is 11.2. The Morgan fingerprint density at radius 2 is 1.21 bits per heavy atom. The lowest BCUT2D eigenvalue weighted by Crippen LogP contribution is -2.38. The van der Waals surface area contributed by atoms with E-state index in [1.807, 2.05) is 48.7 Å². The monoisotopic (exact) mass is 441 g/mol. The number of pyridine rings is 1. The highest BCUT2D eigenvalue weighted by atomic mass is 15.3. The molecule has 0 aliphatic carbocycles. The van der Waals surface area contributed by atoms with Gasteiger partial charge in [-0.15, -0.1) is 0 Å². The fourth-order valence-electron chi connectivity index (χ4n) is 4.75. The van der Waals surface area contributed by atoms with Crippen LogP contribution in [0.3, 0.4) is 0 Å². The molecule has 3 aromatic carbocycles. The molecule has 3 heterocycles.